The number of hydrogen-bond donors (Lipinski definition) is 0. The molecule has 0 aliphatic rings. The van der Waals surface area contributed by atoms with Crippen LogP contribution in [0.3, 0.4) is 0 Å². The Morgan fingerprint density at radius 3 is 1.90 bits per heavy atom. The van der Waals surface area contributed by atoms with Crippen LogP contribution in [0.2, 0.25) is 0 Å². The van der Waals surface area contributed by atoms with Gasteiger partial charge in [0.2, 0.25) is 0 Å². The second-order valence-electron chi connectivity index (χ2n) is 8.22. The third-order valence-corrected chi connectivity index (χ3v) is 7.81. The second-order valence-corrected chi connectivity index (χ2v) is 11.3. The number of fused-ring (bicyclic) bond motifs is 1. The highest BCUT2D eigenvalue weighted by atomic mass is 32.2. The number of methoxy groups -OCH3 is 1. The average molecular weight is 580 g/mol. The molecule has 13 heteroatoms. The maximum atomic E-state index is 13.6. The molecular weight excluding hydrogens is 559 g/mol. The summed E-state index contributed by atoms with van der Waals surface area (Å²) in [6.07, 6.45) is -5.01. The Morgan fingerprint density at radius 1 is 0.718 bits per heavy atom. The monoisotopic (exact) mass is 579 g/mol. The first-order valence-corrected chi connectivity index (χ1v) is 13.9. The summed E-state index contributed by atoms with van der Waals surface area (Å²) >= 11 is 0. The van der Waals surface area contributed by atoms with Crippen LogP contribution in [0.4, 0.5) is 13.2 Å². The summed E-state index contributed by atoms with van der Waals surface area (Å²) < 4.78 is 106. The van der Waals surface area contributed by atoms with E-state index in [2.05, 4.69) is 9.44 Å². The molecular formula is C26H20F3NO7S2. The van der Waals surface area contributed by atoms with E-state index in [-0.39, 0.29) is 10.6 Å². The second kappa shape index (κ2) is 10.6. The number of benzene rings is 4. The van der Waals surface area contributed by atoms with Crippen molar-refractivity contribution >= 4 is 36.7 Å². The van der Waals surface area contributed by atoms with Crippen LogP contribution >= 0.6 is 0 Å². The molecule has 0 aromatic heterocycles. The predicted molar refractivity (Wildman–Crippen MR) is 137 cm³/mol. The molecule has 0 saturated carbocycles. The number of halogens is 3. The molecule has 4 aromatic carbocycles. The van der Waals surface area contributed by atoms with Crippen molar-refractivity contribution in [1.29, 1.82) is 0 Å². The lowest BCUT2D eigenvalue weighted by Gasteiger charge is -2.11. The Kier molecular flexibility index (Phi) is 7.57. The predicted octanol–water partition coefficient (Wildman–Crippen LogP) is 5.60. The summed E-state index contributed by atoms with van der Waals surface area (Å²) in [6.45, 7) is 1.81. The van der Waals surface area contributed by atoms with Crippen LogP contribution in [0.1, 0.15) is 11.1 Å². The largest absolute Gasteiger partial charge is 0.497 e. The summed E-state index contributed by atoms with van der Waals surface area (Å²) in [5.74, 6) is 0.278. The molecule has 0 heterocycles. The van der Waals surface area contributed by atoms with Crippen molar-refractivity contribution in [3.05, 3.63) is 96.1 Å². The first kappa shape index (κ1) is 27.9. The molecule has 0 saturated heterocycles. The molecule has 0 bridgehead atoms. The number of alkyl halides is 3. The van der Waals surface area contributed by atoms with E-state index in [1.807, 2.05) is 6.92 Å². The van der Waals surface area contributed by atoms with Gasteiger partial charge in [-0.15, -0.1) is 0 Å². The summed E-state index contributed by atoms with van der Waals surface area (Å²) in [5.41, 5.74) is -1.10. The van der Waals surface area contributed by atoms with Crippen molar-refractivity contribution in [2.75, 3.05) is 7.11 Å². The maximum Gasteiger partial charge on any atom is 0.437 e. The standard InChI is InChI=1S/C26H20F3NO7S2/c1-17-3-12-23(13-4-17)38(31,32)36-22-11-7-20-16-24(14-8-19(20)15-22)39(33,34)37-30-25(26(27,28)29)18-5-9-21(35-2)10-6-18/h3-16H,1-2H3. The van der Waals surface area contributed by atoms with Gasteiger partial charge in [-0.3, -0.25) is 4.28 Å². The molecule has 4 aromatic rings. The number of ether oxygens (including phenoxy) is 1. The summed E-state index contributed by atoms with van der Waals surface area (Å²) in [6, 6.07) is 18.4. The van der Waals surface area contributed by atoms with Crippen LogP contribution in [0.25, 0.3) is 10.8 Å². The van der Waals surface area contributed by atoms with Crippen LogP contribution < -0.4 is 8.92 Å². The minimum absolute atomic E-state index is 0.0196. The molecule has 39 heavy (non-hydrogen) atoms. The van der Waals surface area contributed by atoms with Gasteiger partial charge in [-0.25, -0.2) is 0 Å². The lowest BCUT2D eigenvalue weighted by Crippen LogP contribution is -2.25. The van der Waals surface area contributed by atoms with Crippen LogP contribution in [0, 0.1) is 6.92 Å². The van der Waals surface area contributed by atoms with E-state index in [1.165, 1.54) is 55.6 Å². The highest BCUT2D eigenvalue weighted by Gasteiger charge is 2.38. The molecule has 0 N–H and O–H groups in total. The molecule has 0 aliphatic carbocycles. The molecule has 8 nitrogen and oxygen atoms in total. The van der Waals surface area contributed by atoms with Crippen molar-refractivity contribution in [2.24, 2.45) is 5.16 Å². The topological polar surface area (TPSA) is 108 Å². The summed E-state index contributed by atoms with van der Waals surface area (Å²) in [5, 5.41) is 3.65. The number of oxime groups is 1. The van der Waals surface area contributed by atoms with Crippen molar-refractivity contribution in [3.8, 4) is 11.5 Å². The van der Waals surface area contributed by atoms with Crippen molar-refractivity contribution in [2.45, 2.75) is 22.9 Å². The van der Waals surface area contributed by atoms with Crippen molar-refractivity contribution in [3.63, 3.8) is 0 Å². The van der Waals surface area contributed by atoms with Gasteiger partial charge in [0, 0.05) is 5.56 Å². The maximum absolute atomic E-state index is 13.6. The van der Waals surface area contributed by atoms with E-state index in [0.717, 1.165) is 29.8 Å². The van der Waals surface area contributed by atoms with Crippen molar-refractivity contribution < 1.29 is 43.2 Å². The van der Waals surface area contributed by atoms with Gasteiger partial charge in [0.15, 0.2) is 5.71 Å². The van der Waals surface area contributed by atoms with E-state index in [4.69, 9.17) is 8.92 Å². The molecule has 0 radical (unpaired) electrons. The Hall–Kier alpha value is -4.10. The fourth-order valence-corrected chi connectivity index (χ4v) is 5.12. The van der Waals surface area contributed by atoms with Gasteiger partial charge in [0.1, 0.15) is 21.3 Å². The van der Waals surface area contributed by atoms with Gasteiger partial charge in [0.05, 0.1) is 7.11 Å². The number of nitrogens with zero attached hydrogens (tertiary/aromatic N) is 1. The van der Waals surface area contributed by atoms with Crippen LogP contribution in [0.5, 0.6) is 11.5 Å². The summed E-state index contributed by atoms with van der Waals surface area (Å²) in [4.78, 5) is -0.504. The average Bonchev–Trinajstić information content (AvgIpc) is 2.88. The van der Waals surface area contributed by atoms with Gasteiger partial charge in [-0.05, 0) is 78.4 Å². The van der Waals surface area contributed by atoms with Crippen LogP contribution in [0.15, 0.2) is 99.9 Å². The van der Waals surface area contributed by atoms with E-state index >= 15 is 0 Å². The molecule has 0 fully saturated rings. The molecule has 0 aliphatic heterocycles. The Morgan fingerprint density at radius 2 is 1.28 bits per heavy atom. The molecule has 0 atom stereocenters. The lowest BCUT2D eigenvalue weighted by molar-refractivity contribution is -0.0597. The van der Waals surface area contributed by atoms with Crippen LogP contribution in [-0.2, 0) is 24.5 Å². The highest BCUT2D eigenvalue weighted by molar-refractivity contribution is 7.87. The van der Waals surface area contributed by atoms with Gasteiger partial charge < -0.3 is 8.92 Å². The third-order valence-electron chi connectivity index (χ3n) is 5.45. The molecule has 0 unspecified atom stereocenters. The van der Waals surface area contributed by atoms with Gasteiger partial charge in [0.25, 0.3) is 0 Å². The molecule has 4 rings (SSSR count). The van der Waals surface area contributed by atoms with Crippen LogP contribution in [-0.4, -0.2) is 35.8 Å². The first-order chi connectivity index (χ1) is 18.3. The van der Waals surface area contributed by atoms with Crippen molar-refractivity contribution in [1.82, 2.24) is 0 Å². The fraction of sp³-hybridized carbons (Fsp3) is 0.115. The zero-order chi connectivity index (χ0) is 28.4. The smallest absolute Gasteiger partial charge is 0.437 e. The zero-order valence-corrected chi connectivity index (χ0v) is 22.0. The Bertz CT molecular complexity index is 1750. The van der Waals surface area contributed by atoms with Gasteiger partial charge >= 0.3 is 26.4 Å². The molecule has 204 valence electrons. The number of rotatable bonds is 8. The highest BCUT2D eigenvalue weighted by Crippen LogP contribution is 2.28. The van der Waals surface area contributed by atoms with Gasteiger partial charge in [-0.2, -0.15) is 30.0 Å². The molecule has 0 spiro atoms. The number of hydrogen-bond acceptors (Lipinski definition) is 8. The first-order valence-electron chi connectivity index (χ1n) is 11.1. The quantitative estimate of drug-likeness (QED) is 0.152. The SMILES string of the molecule is COc1ccc(C(=NOS(=O)(=O)c2ccc3cc(OS(=O)(=O)c4ccc(C)cc4)ccc3c2)C(F)(F)F)cc1. The fourth-order valence-electron chi connectivity index (χ4n) is 3.44. The van der Waals surface area contributed by atoms with E-state index in [1.54, 1.807) is 12.1 Å². The minimum atomic E-state index is -5.01. The van der Waals surface area contributed by atoms with E-state index in [9.17, 15) is 30.0 Å². The molecule has 0 amide bonds. The van der Waals surface area contributed by atoms with E-state index < -0.39 is 42.6 Å². The zero-order valence-electron chi connectivity index (χ0n) is 20.3. The summed E-state index contributed by atoms with van der Waals surface area (Å²) in [7, 11) is -7.52. The Balaban J connectivity index is 1.59. The Labute approximate surface area is 222 Å². The normalized spacial score (nSPS) is 12.8. The third kappa shape index (κ3) is 6.49. The van der Waals surface area contributed by atoms with E-state index in [0.29, 0.717) is 16.5 Å². The minimum Gasteiger partial charge on any atom is -0.497 e. The van der Waals surface area contributed by atoms with Gasteiger partial charge in [-0.1, -0.05) is 35.0 Å². The lowest BCUT2D eigenvalue weighted by atomic mass is 10.1. The number of aryl methyl sites for hydroxylation is 1.